The summed E-state index contributed by atoms with van der Waals surface area (Å²) in [6, 6.07) is 18.3. The van der Waals surface area contributed by atoms with E-state index in [9.17, 15) is 4.79 Å². The third-order valence-corrected chi connectivity index (χ3v) is 8.60. The van der Waals surface area contributed by atoms with E-state index in [-0.39, 0.29) is 37.7 Å². The number of rotatable bonds is 11. The Kier molecular flexibility index (Phi) is 10.4. The van der Waals surface area contributed by atoms with Gasteiger partial charge >= 0.3 is 5.97 Å². The summed E-state index contributed by atoms with van der Waals surface area (Å²) in [6.07, 6.45) is 0.161. The second-order valence-corrected chi connectivity index (χ2v) is 12.1. The van der Waals surface area contributed by atoms with E-state index >= 15 is 0 Å². The molecular weight excluding hydrogens is 598 g/mol. The SMILES string of the molecule is COc1ccc(-c2ccc3c(N4CCOC[C@H]4C)nc(N4CCOC[C@H]4C)nc3n2)cc1COC(=O)CCOCc1ccc(C)cc1. The Morgan fingerprint density at radius 1 is 0.894 bits per heavy atom. The highest BCUT2D eigenvalue weighted by atomic mass is 16.5. The molecule has 0 spiro atoms. The van der Waals surface area contributed by atoms with Gasteiger partial charge in [0, 0.05) is 24.2 Å². The zero-order chi connectivity index (χ0) is 32.8. The van der Waals surface area contributed by atoms with Crippen molar-refractivity contribution in [3.63, 3.8) is 0 Å². The summed E-state index contributed by atoms with van der Waals surface area (Å²) < 4.78 is 28.3. The summed E-state index contributed by atoms with van der Waals surface area (Å²) in [5.74, 6) is 1.81. The monoisotopic (exact) mass is 641 g/mol. The minimum Gasteiger partial charge on any atom is -0.496 e. The number of ether oxygens (including phenoxy) is 5. The van der Waals surface area contributed by atoms with Gasteiger partial charge in [0.25, 0.3) is 0 Å². The molecule has 0 aliphatic carbocycles. The smallest absolute Gasteiger partial charge is 0.308 e. The fraction of sp³-hybridized carbons (Fsp3) is 0.444. The number of hydrogen-bond donors (Lipinski definition) is 0. The third kappa shape index (κ3) is 7.81. The van der Waals surface area contributed by atoms with Crippen molar-refractivity contribution in [2.24, 2.45) is 0 Å². The maximum absolute atomic E-state index is 12.6. The van der Waals surface area contributed by atoms with Crippen molar-refractivity contribution < 1.29 is 28.5 Å². The number of morpholine rings is 2. The Balaban J connectivity index is 1.20. The standard InChI is InChI=1S/C36H43N5O6/c1-24-5-7-27(8-6-24)22-44-16-13-33(42)47-23-29-19-28(9-12-32(29)43-4)31-11-10-30-34(37-31)38-36(41-15-18-46-21-26(41)3)39-35(30)40-14-17-45-20-25(40)2/h5-12,19,25-26H,13-18,20-23H2,1-4H3/t25-,26-/m1/s1. The van der Waals surface area contributed by atoms with Crippen LogP contribution in [0.25, 0.3) is 22.3 Å². The van der Waals surface area contributed by atoms with Crippen LogP contribution in [0.15, 0.2) is 54.6 Å². The van der Waals surface area contributed by atoms with Crippen LogP contribution in [0.5, 0.6) is 5.75 Å². The molecule has 0 bridgehead atoms. The number of methoxy groups -OCH3 is 1. The van der Waals surface area contributed by atoms with Crippen LogP contribution in [-0.2, 0) is 37.0 Å². The topological polar surface area (TPSA) is 108 Å². The maximum atomic E-state index is 12.6. The highest BCUT2D eigenvalue weighted by Crippen LogP contribution is 2.32. The molecule has 0 amide bonds. The predicted octanol–water partition coefficient (Wildman–Crippen LogP) is 5.11. The number of fused-ring (bicyclic) bond motifs is 1. The molecule has 0 N–H and O–H groups in total. The van der Waals surface area contributed by atoms with Gasteiger partial charge in [-0.3, -0.25) is 4.79 Å². The molecule has 2 aromatic carbocycles. The van der Waals surface area contributed by atoms with Gasteiger partial charge in [0.2, 0.25) is 5.95 Å². The molecule has 0 radical (unpaired) electrons. The molecule has 4 aromatic rings. The number of nitrogens with zero attached hydrogens (tertiary/aromatic N) is 5. The van der Waals surface area contributed by atoms with Crippen LogP contribution in [0, 0.1) is 6.92 Å². The Hall–Kier alpha value is -4.32. The van der Waals surface area contributed by atoms with Crippen molar-refractivity contribution in [1.82, 2.24) is 15.0 Å². The molecule has 47 heavy (non-hydrogen) atoms. The summed E-state index contributed by atoms with van der Waals surface area (Å²) in [7, 11) is 1.60. The Labute approximate surface area is 275 Å². The van der Waals surface area contributed by atoms with Crippen molar-refractivity contribution in [1.29, 1.82) is 0 Å². The molecule has 0 saturated carbocycles. The van der Waals surface area contributed by atoms with Gasteiger partial charge in [0.1, 0.15) is 18.2 Å². The van der Waals surface area contributed by atoms with E-state index in [2.05, 4.69) is 23.6 Å². The predicted molar refractivity (Wildman–Crippen MR) is 180 cm³/mol. The molecule has 2 fully saturated rings. The Bertz CT molecular complexity index is 1680. The number of esters is 1. The third-order valence-electron chi connectivity index (χ3n) is 8.60. The minimum atomic E-state index is -0.336. The molecule has 4 heterocycles. The normalized spacial score (nSPS) is 18.4. The largest absolute Gasteiger partial charge is 0.496 e. The lowest BCUT2D eigenvalue weighted by atomic mass is 10.1. The fourth-order valence-corrected chi connectivity index (χ4v) is 5.87. The van der Waals surface area contributed by atoms with E-state index in [0.717, 1.165) is 40.1 Å². The number of anilines is 2. The molecular formula is C36H43N5O6. The van der Waals surface area contributed by atoms with E-state index in [4.69, 9.17) is 38.6 Å². The molecule has 2 atom stereocenters. The van der Waals surface area contributed by atoms with Crippen LogP contribution in [0.4, 0.5) is 11.8 Å². The second-order valence-electron chi connectivity index (χ2n) is 12.1. The maximum Gasteiger partial charge on any atom is 0.308 e. The first-order chi connectivity index (χ1) is 22.9. The highest BCUT2D eigenvalue weighted by molar-refractivity contribution is 5.90. The van der Waals surface area contributed by atoms with Gasteiger partial charge in [-0.05, 0) is 56.7 Å². The Morgan fingerprint density at radius 2 is 1.64 bits per heavy atom. The first kappa shape index (κ1) is 32.6. The number of aryl methyl sites for hydroxylation is 1. The van der Waals surface area contributed by atoms with Gasteiger partial charge in [0.15, 0.2) is 5.65 Å². The quantitative estimate of drug-likeness (QED) is 0.161. The van der Waals surface area contributed by atoms with Crippen LogP contribution >= 0.6 is 0 Å². The molecule has 248 valence electrons. The zero-order valence-electron chi connectivity index (χ0n) is 27.6. The molecule has 11 heteroatoms. The average molecular weight is 642 g/mol. The number of carbonyl (C=O) groups excluding carboxylic acids is 1. The van der Waals surface area contributed by atoms with Crippen LogP contribution in [-0.4, -0.2) is 86.2 Å². The summed E-state index contributed by atoms with van der Waals surface area (Å²) in [5.41, 5.74) is 5.24. The molecule has 2 aromatic heterocycles. The van der Waals surface area contributed by atoms with Crippen LogP contribution < -0.4 is 14.5 Å². The number of aromatic nitrogens is 3. The summed E-state index contributed by atoms with van der Waals surface area (Å²) >= 11 is 0. The molecule has 2 aliphatic rings. The van der Waals surface area contributed by atoms with E-state index in [1.165, 1.54) is 5.56 Å². The minimum absolute atomic E-state index is 0.0711. The molecule has 2 saturated heterocycles. The van der Waals surface area contributed by atoms with Gasteiger partial charge < -0.3 is 33.5 Å². The van der Waals surface area contributed by atoms with E-state index in [1.54, 1.807) is 7.11 Å². The lowest BCUT2D eigenvalue weighted by Crippen LogP contribution is -2.46. The van der Waals surface area contributed by atoms with Gasteiger partial charge in [-0.25, -0.2) is 4.98 Å². The van der Waals surface area contributed by atoms with Crippen molar-refractivity contribution in [3.05, 3.63) is 71.3 Å². The molecule has 6 rings (SSSR count). The number of benzene rings is 2. The van der Waals surface area contributed by atoms with Crippen LogP contribution in [0.1, 0.15) is 37.0 Å². The summed E-state index contributed by atoms with van der Waals surface area (Å²) in [5, 5.41) is 0.888. The summed E-state index contributed by atoms with van der Waals surface area (Å²) in [6.45, 7) is 11.1. The van der Waals surface area contributed by atoms with Gasteiger partial charge in [-0.2, -0.15) is 9.97 Å². The average Bonchev–Trinajstić information content (AvgIpc) is 3.09. The number of pyridine rings is 1. The second kappa shape index (κ2) is 15.1. The fourth-order valence-electron chi connectivity index (χ4n) is 5.87. The van der Waals surface area contributed by atoms with Crippen molar-refractivity contribution in [2.45, 2.75) is 52.5 Å². The lowest BCUT2D eigenvalue weighted by molar-refractivity contribution is -0.146. The molecule has 2 aliphatic heterocycles. The van der Waals surface area contributed by atoms with Gasteiger partial charge in [-0.1, -0.05) is 29.8 Å². The lowest BCUT2D eigenvalue weighted by Gasteiger charge is -2.37. The zero-order valence-corrected chi connectivity index (χ0v) is 27.6. The first-order valence-electron chi connectivity index (χ1n) is 16.2. The van der Waals surface area contributed by atoms with Crippen LogP contribution in [0.2, 0.25) is 0 Å². The Morgan fingerprint density at radius 3 is 2.36 bits per heavy atom. The summed E-state index contributed by atoms with van der Waals surface area (Å²) in [4.78, 5) is 32.1. The van der Waals surface area contributed by atoms with E-state index < -0.39 is 0 Å². The van der Waals surface area contributed by atoms with Crippen molar-refractivity contribution >= 4 is 28.8 Å². The van der Waals surface area contributed by atoms with Gasteiger partial charge in [0.05, 0.1) is 76.3 Å². The highest BCUT2D eigenvalue weighted by Gasteiger charge is 2.27. The first-order valence-corrected chi connectivity index (χ1v) is 16.2. The molecule has 0 unspecified atom stereocenters. The number of hydrogen-bond acceptors (Lipinski definition) is 11. The van der Waals surface area contributed by atoms with Gasteiger partial charge in [-0.15, -0.1) is 0 Å². The van der Waals surface area contributed by atoms with Crippen molar-refractivity contribution in [3.8, 4) is 17.0 Å². The van der Waals surface area contributed by atoms with E-state index in [0.29, 0.717) is 56.9 Å². The molecule has 11 nitrogen and oxygen atoms in total. The number of carbonyl (C=O) groups is 1. The van der Waals surface area contributed by atoms with Crippen molar-refractivity contribution in [2.75, 3.05) is 63.0 Å². The van der Waals surface area contributed by atoms with E-state index in [1.807, 2.05) is 61.5 Å². The van der Waals surface area contributed by atoms with Crippen LogP contribution in [0.3, 0.4) is 0 Å².